The summed E-state index contributed by atoms with van der Waals surface area (Å²) in [4.78, 5) is 0. The van der Waals surface area contributed by atoms with Gasteiger partial charge in [0.1, 0.15) is 0 Å². The molecule has 0 fully saturated rings. The van der Waals surface area contributed by atoms with Gasteiger partial charge in [0.25, 0.3) is 0 Å². The predicted octanol–water partition coefficient (Wildman–Crippen LogP) is 7.40. The Kier molecular flexibility index (Phi) is 6.06. The topological polar surface area (TPSA) is 0 Å². The maximum atomic E-state index is 2.37. The molecule has 0 heterocycles. The Morgan fingerprint density at radius 2 is 1.20 bits per heavy atom. The number of hydrogen-bond acceptors (Lipinski definition) is 0. The minimum atomic E-state index is 1.11. The van der Waals surface area contributed by atoms with Crippen LogP contribution in [0.3, 0.4) is 0 Å². The van der Waals surface area contributed by atoms with Gasteiger partial charge in [0, 0.05) is 0 Å². The van der Waals surface area contributed by atoms with Crippen LogP contribution in [-0.4, -0.2) is 0 Å². The minimum Gasteiger partial charge on any atom is -0.0917 e. The molecule has 3 aromatic carbocycles. The molecule has 0 aliphatic heterocycles. The van der Waals surface area contributed by atoms with E-state index in [-0.39, 0.29) is 0 Å². The maximum Gasteiger partial charge on any atom is -0.0105 e. The van der Waals surface area contributed by atoms with E-state index in [1.54, 1.807) is 0 Å². The summed E-state index contributed by atoms with van der Waals surface area (Å²) in [6.07, 6.45) is 14.5. The van der Waals surface area contributed by atoms with Crippen molar-refractivity contribution in [3.05, 3.63) is 84.0 Å². The van der Waals surface area contributed by atoms with E-state index in [2.05, 4.69) is 86.7 Å². The molecule has 0 saturated carbocycles. The Morgan fingerprint density at radius 1 is 0.640 bits per heavy atom. The second-order valence-corrected chi connectivity index (χ2v) is 6.75. The third-order valence-electron chi connectivity index (χ3n) is 4.87. The van der Waals surface area contributed by atoms with E-state index in [9.17, 15) is 0 Å². The van der Waals surface area contributed by atoms with Crippen molar-refractivity contribution < 1.29 is 0 Å². The summed E-state index contributed by atoms with van der Waals surface area (Å²) in [7, 11) is 0. The molecule has 0 heteroatoms. The standard InChI is InChI=1S/C25H28/c1-3-5-7-9-11-21-13-17-25-23(19-21)15-14-22-18-20(10-8-6-4-2)12-16-24(22)25/h3-6,12-19H,7-11H2,1-2H3/b5-3+,6-4+. The zero-order valence-corrected chi connectivity index (χ0v) is 15.5. The highest BCUT2D eigenvalue weighted by Gasteiger charge is 2.03. The van der Waals surface area contributed by atoms with Gasteiger partial charge in [0.2, 0.25) is 0 Å². The monoisotopic (exact) mass is 328 g/mol. The highest BCUT2D eigenvalue weighted by atomic mass is 14.1. The number of hydrogen-bond donors (Lipinski definition) is 0. The van der Waals surface area contributed by atoms with Gasteiger partial charge in [-0.1, -0.05) is 72.8 Å². The van der Waals surface area contributed by atoms with Crippen LogP contribution in [-0.2, 0) is 12.8 Å². The zero-order chi connectivity index (χ0) is 17.5. The first-order valence-electron chi connectivity index (χ1n) is 9.48. The average molecular weight is 328 g/mol. The van der Waals surface area contributed by atoms with Crippen LogP contribution in [0.2, 0.25) is 0 Å². The van der Waals surface area contributed by atoms with Gasteiger partial charge in [0.05, 0.1) is 0 Å². The fourth-order valence-corrected chi connectivity index (χ4v) is 3.49. The Bertz CT molecular complexity index is 896. The van der Waals surface area contributed by atoms with Gasteiger partial charge < -0.3 is 0 Å². The molecular weight excluding hydrogens is 300 g/mol. The van der Waals surface area contributed by atoms with Crippen molar-refractivity contribution in [2.45, 2.75) is 46.0 Å². The molecule has 3 rings (SSSR count). The van der Waals surface area contributed by atoms with E-state index in [1.165, 1.54) is 45.5 Å². The van der Waals surface area contributed by atoms with Crippen molar-refractivity contribution in [1.29, 1.82) is 0 Å². The summed E-state index contributed by atoms with van der Waals surface area (Å²) in [6.45, 7) is 4.17. The van der Waals surface area contributed by atoms with Crippen molar-refractivity contribution in [3.63, 3.8) is 0 Å². The molecule has 0 amide bonds. The molecule has 0 aliphatic rings. The first kappa shape index (κ1) is 17.5. The first-order chi connectivity index (χ1) is 12.3. The minimum absolute atomic E-state index is 1.11. The van der Waals surface area contributed by atoms with Gasteiger partial charge in [-0.25, -0.2) is 0 Å². The largest absolute Gasteiger partial charge is 0.0917 e. The Morgan fingerprint density at radius 3 is 1.80 bits per heavy atom. The molecule has 0 atom stereocenters. The van der Waals surface area contributed by atoms with Crippen molar-refractivity contribution >= 4 is 21.5 Å². The SMILES string of the molecule is C/C=C/CCCc1ccc2c(ccc3cc(CC/C=C/C)ccc32)c1. The molecule has 0 saturated heterocycles. The van der Waals surface area contributed by atoms with E-state index in [4.69, 9.17) is 0 Å². The van der Waals surface area contributed by atoms with Gasteiger partial charge in [-0.15, -0.1) is 0 Å². The molecule has 0 radical (unpaired) electrons. The third kappa shape index (κ3) is 4.39. The predicted molar refractivity (Wildman–Crippen MR) is 112 cm³/mol. The molecule has 3 aromatic rings. The van der Waals surface area contributed by atoms with Gasteiger partial charge >= 0.3 is 0 Å². The molecular formula is C25H28. The smallest absolute Gasteiger partial charge is 0.0105 e. The van der Waals surface area contributed by atoms with Crippen molar-refractivity contribution in [1.82, 2.24) is 0 Å². The van der Waals surface area contributed by atoms with Crippen LogP contribution in [0.15, 0.2) is 72.8 Å². The zero-order valence-electron chi connectivity index (χ0n) is 15.5. The van der Waals surface area contributed by atoms with Crippen LogP contribution < -0.4 is 0 Å². The van der Waals surface area contributed by atoms with E-state index < -0.39 is 0 Å². The van der Waals surface area contributed by atoms with Crippen LogP contribution in [0.25, 0.3) is 21.5 Å². The van der Waals surface area contributed by atoms with Crippen LogP contribution in [0.1, 0.15) is 44.2 Å². The molecule has 0 spiro atoms. The average Bonchev–Trinajstić information content (AvgIpc) is 2.65. The summed E-state index contributed by atoms with van der Waals surface area (Å²) in [5.41, 5.74) is 2.87. The lowest BCUT2D eigenvalue weighted by atomic mass is 9.96. The van der Waals surface area contributed by atoms with Crippen LogP contribution in [0.4, 0.5) is 0 Å². The second-order valence-electron chi connectivity index (χ2n) is 6.75. The van der Waals surface area contributed by atoms with E-state index >= 15 is 0 Å². The first-order valence-corrected chi connectivity index (χ1v) is 9.48. The molecule has 25 heavy (non-hydrogen) atoms. The maximum absolute atomic E-state index is 2.37. The van der Waals surface area contributed by atoms with Crippen molar-refractivity contribution in [2.75, 3.05) is 0 Å². The molecule has 0 bridgehead atoms. The quantitative estimate of drug-likeness (QED) is 0.241. The van der Waals surface area contributed by atoms with Crippen LogP contribution in [0, 0.1) is 0 Å². The summed E-state index contributed by atoms with van der Waals surface area (Å²) in [5, 5.41) is 5.45. The number of unbranched alkanes of at least 4 members (excludes halogenated alkanes) is 1. The van der Waals surface area contributed by atoms with E-state index in [1.807, 2.05) is 0 Å². The molecule has 0 unspecified atom stereocenters. The highest BCUT2D eigenvalue weighted by molar-refractivity contribution is 6.07. The molecule has 128 valence electrons. The number of aryl methyl sites for hydroxylation is 2. The fourth-order valence-electron chi connectivity index (χ4n) is 3.49. The van der Waals surface area contributed by atoms with Gasteiger partial charge in [0.15, 0.2) is 0 Å². The Hall–Kier alpha value is -2.34. The lowest BCUT2D eigenvalue weighted by molar-refractivity contribution is 0.843. The van der Waals surface area contributed by atoms with Gasteiger partial charge in [-0.3, -0.25) is 0 Å². The van der Waals surface area contributed by atoms with Crippen molar-refractivity contribution in [3.8, 4) is 0 Å². The molecule has 0 aromatic heterocycles. The summed E-state index contributed by atoms with van der Waals surface area (Å²) >= 11 is 0. The summed E-state index contributed by atoms with van der Waals surface area (Å²) in [5.74, 6) is 0. The van der Waals surface area contributed by atoms with Gasteiger partial charge in [-0.05, 0) is 78.6 Å². The van der Waals surface area contributed by atoms with E-state index in [0.717, 1.165) is 19.3 Å². The molecule has 0 N–H and O–H groups in total. The fraction of sp³-hybridized carbons (Fsp3) is 0.280. The summed E-state index contributed by atoms with van der Waals surface area (Å²) < 4.78 is 0. The Balaban J connectivity index is 1.85. The lowest BCUT2D eigenvalue weighted by Crippen LogP contribution is -1.87. The second kappa shape index (κ2) is 8.67. The number of rotatable bonds is 7. The van der Waals surface area contributed by atoms with Crippen LogP contribution in [0.5, 0.6) is 0 Å². The van der Waals surface area contributed by atoms with Crippen molar-refractivity contribution in [2.24, 2.45) is 0 Å². The number of allylic oxidation sites excluding steroid dienone is 4. The Labute approximate surface area is 151 Å². The van der Waals surface area contributed by atoms with Gasteiger partial charge in [-0.2, -0.15) is 0 Å². The van der Waals surface area contributed by atoms with E-state index in [0.29, 0.717) is 0 Å². The normalized spacial score (nSPS) is 12.1. The summed E-state index contributed by atoms with van der Waals surface area (Å²) in [6, 6.07) is 18.5. The number of fused-ring (bicyclic) bond motifs is 3. The molecule has 0 nitrogen and oxygen atoms in total. The lowest BCUT2D eigenvalue weighted by Gasteiger charge is -2.08. The van der Waals surface area contributed by atoms with Crippen LogP contribution >= 0.6 is 0 Å². The molecule has 0 aliphatic carbocycles. The highest BCUT2D eigenvalue weighted by Crippen LogP contribution is 2.28. The number of benzene rings is 3. The third-order valence-corrected chi connectivity index (χ3v) is 4.87.